The second-order valence-electron chi connectivity index (χ2n) is 4.65. The summed E-state index contributed by atoms with van der Waals surface area (Å²) in [5.74, 6) is -0.615. The minimum absolute atomic E-state index is 0.0829. The fraction of sp³-hybridized carbons (Fsp3) is 0.118. The molecule has 0 aromatic heterocycles. The molecule has 0 aliphatic heterocycles. The third kappa shape index (κ3) is 4.41. The summed E-state index contributed by atoms with van der Waals surface area (Å²) in [4.78, 5) is 22.4. The second-order valence-corrected chi connectivity index (χ2v) is 4.65. The maximum atomic E-state index is 12.1. The van der Waals surface area contributed by atoms with Crippen molar-refractivity contribution in [2.75, 3.05) is 19.0 Å². The molecule has 6 nitrogen and oxygen atoms in total. The number of hydrogen-bond donors (Lipinski definition) is 1. The van der Waals surface area contributed by atoms with Gasteiger partial charge in [0.05, 0.1) is 10.5 Å². The lowest BCUT2D eigenvalue weighted by Gasteiger charge is -2.08. The average molecular weight is 312 g/mol. The first-order valence-corrected chi connectivity index (χ1v) is 6.96. The summed E-state index contributed by atoms with van der Waals surface area (Å²) in [6.07, 6.45) is 3.54. The van der Waals surface area contributed by atoms with Crippen LogP contribution in [0, 0.1) is 10.1 Å². The number of benzene rings is 2. The van der Waals surface area contributed by atoms with E-state index in [0.29, 0.717) is 5.69 Å². The van der Waals surface area contributed by atoms with Gasteiger partial charge in [-0.15, -0.1) is 0 Å². The smallest absolute Gasteiger partial charge is 0.340 e. The average Bonchev–Trinajstić information content (AvgIpc) is 2.58. The molecule has 0 radical (unpaired) electrons. The maximum absolute atomic E-state index is 12.1. The Morgan fingerprint density at radius 2 is 2.00 bits per heavy atom. The Morgan fingerprint density at radius 1 is 1.26 bits per heavy atom. The van der Waals surface area contributed by atoms with Crippen molar-refractivity contribution in [1.29, 1.82) is 0 Å². The van der Waals surface area contributed by atoms with Crippen molar-refractivity contribution in [3.63, 3.8) is 0 Å². The van der Waals surface area contributed by atoms with Crippen LogP contribution >= 0.6 is 0 Å². The topological polar surface area (TPSA) is 81.5 Å². The zero-order chi connectivity index (χ0) is 16.7. The summed E-state index contributed by atoms with van der Waals surface area (Å²) < 4.78 is 5.14. The van der Waals surface area contributed by atoms with Crippen LogP contribution in [0.2, 0.25) is 0 Å². The lowest BCUT2D eigenvalue weighted by Crippen LogP contribution is -2.09. The van der Waals surface area contributed by atoms with Crippen molar-refractivity contribution < 1.29 is 14.5 Å². The summed E-state index contributed by atoms with van der Waals surface area (Å²) in [6.45, 7) is 0.0829. The van der Waals surface area contributed by atoms with Crippen LogP contribution in [0.4, 0.5) is 11.4 Å². The zero-order valence-electron chi connectivity index (χ0n) is 12.6. The van der Waals surface area contributed by atoms with Crippen LogP contribution in [0.25, 0.3) is 6.08 Å². The molecule has 0 saturated carbocycles. The van der Waals surface area contributed by atoms with Gasteiger partial charge in [-0.1, -0.05) is 36.4 Å². The highest BCUT2D eigenvalue weighted by Gasteiger charge is 2.17. The molecule has 0 fully saturated rings. The minimum atomic E-state index is -0.615. The van der Waals surface area contributed by atoms with Gasteiger partial charge in [-0.2, -0.15) is 0 Å². The van der Waals surface area contributed by atoms with Crippen molar-refractivity contribution in [2.24, 2.45) is 0 Å². The van der Waals surface area contributed by atoms with Crippen molar-refractivity contribution in [2.45, 2.75) is 0 Å². The molecule has 118 valence electrons. The van der Waals surface area contributed by atoms with E-state index in [0.717, 1.165) is 5.56 Å². The molecule has 0 aliphatic carbocycles. The Labute approximate surface area is 133 Å². The van der Waals surface area contributed by atoms with Gasteiger partial charge in [0.1, 0.15) is 6.61 Å². The fourth-order valence-corrected chi connectivity index (χ4v) is 1.98. The van der Waals surface area contributed by atoms with Crippen molar-refractivity contribution in [3.05, 3.63) is 75.8 Å². The molecule has 0 atom stereocenters. The highest BCUT2D eigenvalue weighted by atomic mass is 16.6. The number of rotatable bonds is 6. The predicted octanol–water partition coefficient (Wildman–Crippen LogP) is 3.51. The summed E-state index contributed by atoms with van der Waals surface area (Å²) in [5, 5.41) is 13.6. The molecular formula is C17H16N2O4. The van der Waals surface area contributed by atoms with Crippen LogP contribution < -0.4 is 5.32 Å². The molecule has 0 unspecified atom stereocenters. The van der Waals surface area contributed by atoms with E-state index in [4.69, 9.17) is 4.74 Å². The van der Waals surface area contributed by atoms with Gasteiger partial charge in [0.25, 0.3) is 5.69 Å². The predicted molar refractivity (Wildman–Crippen MR) is 88.4 cm³/mol. The standard InChI is InChI=1S/C17H16N2O4/c1-18-16-10-9-14(19(21)22)12-15(16)17(20)23-11-5-8-13-6-3-2-4-7-13/h2-10,12,18H,11H2,1H3. The first-order valence-electron chi connectivity index (χ1n) is 6.96. The number of nitro benzene ring substituents is 1. The summed E-state index contributed by atoms with van der Waals surface area (Å²) in [7, 11) is 1.63. The number of hydrogen-bond acceptors (Lipinski definition) is 5. The van der Waals surface area contributed by atoms with E-state index in [9.17, 15) is 14.9 Å². The van der Waals surface area contributed by atoms with Crippen molar-refractivity contribution in [1.82, 2.24) is 0 Å². The van der Waals surface area contributed by atoms with Crippen LogP contribution in [0.5, 0.6) is 0 Å². The number of nitrogens with zero attached hydrogens (tertiary/aromatic N) is 1. The fourth-order valence-electron chi connectivity index (χ4n) is 1.98. The number of carbonyl (C=O) groups is 1. The van der Waals surface area contributed by atoms with Gasteiger partial charge in [-0.05, 0) is 17.7 Å². The molecule has 23 heavy (non-hydrogen) atoms. The van der Waals surface area contributed by atoms with Crippen LogP contribution in [0.3, 0.4) is 0 Å². The molecule has 0 amide bonds. The van der Waals surface area contributed by atoms with Crippen LogP contribution in [0.15, 0.2) is 54.6 Å². The lowest BCUT2D eigenvalue weighted by molar-refractivity contribution is -0.384. The van der Waals surface area contributed by atoms with E-state index in [2.05, 4.69) is 5.32 Å². The molecule has 1 N–H and O–H groups in total. The molecule has 0 saturated heterocycles. The largest absolute Gasteiger partial charge is 0.458 e. The Kier molecular flexibility index (Phi) is 5.46. The molecule has 0 bridgehead atoms. The number of anilines is 1. The third-order valence-corrected chi connectivity index (χ3v) is 3.12. The van der Waals surface area contributed by atoms with E-state index >= 15 is 0 Å². The number of non-ortho nitro benzene ring substituents is 1. The van der Waals surface area contributed by atoms with Crippen LogP contribution in [-0.4, -0.2) is 24.5 Å². The van der Waals surface area contributed by atoms with Gasteiger partial charge >= 0.3 is 5.97 Å². The third-order valence-electron chi connectivity index (χ3n) is 3.12. The van der Waals surface area contributed by atoms with Gasteiger partial charge in [0, 0.05) is 24.9 Å². The van der Waals surface area contributed by atoms with Gasteiger partial charge in [0.2, 0.25) is 0 Å². The van der Waals surface area contributed by atoms with Crippen molar-refractivity contribution >= 4 is 23.4 Å². The first kappa shape index (κ1) is 16.2. The zero-order valence-corrected chi connectivity index (χ0v) is 12.6. The molecular weight excluding hydrogens is 296 g/mol. The SMILES string of the molecule is CNc1ccc([N+](=O)[O-])cc1C(=O)OCC=Cc1ccccc1. The monoisotopic (exact) mass is 312 g/mol. The van der Waals surface area contributed by atoms with Crippen LogP contribution in [0.1, 0.15) is 15.9 Å². The number of nitro groups is 1. The van der Waals surface area contributed by atoms with Crippen LogP contribution in [-0.2, 0) is 4.74 Å². The number of esters is 1. The molecule has 2 aromatic rings. The van der Waals surface area contributed by atoms with E-state index in [1.54, 1.807) is 13.1 Å². The van der Waals surface area contributed by atoms with E-state index in [1.807, 2.05) is 36.4 Å². The molecule has 2 aromatic carbocycles. The first-order chi connectivity index (χ1) is 11.1. The number of ether oxygens (including phenoxy) is 1. The highest BCUT2D eigenvalue weighted by molar-refractivity contribution is 5.96. The molecule has 0 aliphatic rings. The van der Waals surface area contributed by atoms with Crippen molar-refractivity contribution in [3.8, 4) is 0 Å². The van der Waals surface area contributed by atoms with E-state index in [-0.39, 0.29) is 17.9 Å². The Morgan fingerprint density at radius 3 is 2.65 bits per heavy atom. The maximum Gasteiger partial charge on any atom is 0.340 e. The minimum Gasteiger partial charge on any atom is -0.458 e. The second kappa shape index (κ2) is 7.74. The number of nitrogens with one attached hydrogen (secondary N) is 1. The molecule has 0 heterocycles. The Bertz CT molecular complexity index is 727. The summed E-state index contributed by atoms with van der Waals surface area (Å²) in [5.41, 5.74) is 1.45. The Balaban J connectivity index is 2.04. The van der Waals surface area contributed by atoms with Gasteiger partial charge in [-0.25, -0.2) is 4.79 Å². The van der Waals surface area contributed by atoms with Gasteiger partial charge in [-0.3, -0.25) is 10.1 Å². The number of carbonyl (C=O) groups excluding carboxylic acids is 1. The Hall–Kier alpha value is -3.15. The quantitative estimate of drug-likeness (QED) is 0.501. The highest BCUT2D eigenvalue weighted by Crippen LogP contribution is 2.22. The van der Waals surface area contributed by atoms with Gasteiger partial charge < -0.3 is 10.1 Å². The lowest BCUT2D eigenvalue weighted by atomic mass is 10.1. The summed E-state index contributed by atoms with van der Waals surface area (Å²) in [6, 6.07) is 13.6. The normalized spacial score (nSPS) is 10.5. The van der Waals surface area contributed by atoms with Gasteiger partial charge in [0.15, 0.2) is 0 Å². The van der Waals surface area contributed by atoms with E-state index < -0.39 is 10.9 Å². The molecule has 0 spiro atoms. The summed E-state index contributed by atoms with van der Waals surface area (Å²) >= 11 is 0. The molecule has 2 rings (SSSR count). The van der Waals surface area contributed by atoms with E-state index in [1.165, 1.54) is 18.2 Å². The molecule has 6 heteroatoms.